The van der Waals surface area contributed by atoms with E-state index in [1.807, 2.05) is 6.92 Å². The predicted octanol–water partition coefficient (Wildman–Crippen LogP) is -0.969. The van der Waals surface area contributed by atoms with E-state index in [-0.39, 0.29) is 6.17 Å². The topological polar surface area (TPSA) is 138 Å². The molecule has 1 saturated heterocycles. The van der Waals surface area contributed by atoms with Gasteiger partial charge in [0.15, 0.2) is 6.35 Å². The molecule has 1 heterocycles. The first-order valence-corrected chi connectivity index (χ1v) is 10.4. The summed E-state index contributed by atoms with van der Waals surface area (Å²) in [5, 5.41) is 8.08. The van der Waals surface area contributed by atoms with Gasteiger partial charge in [-0.25, -0.2) is 23.3 Å². The third-order valence-electron chi connectivity index (χ3n) is 4.90. The number of urea groups is 1. The Labute approximate surface area is 159 Å². The van der Waals surface area contributed by atoms with Crippen molar-refractivity contribution in [2.24, 2.45) is 5.92 Å². The number of sulfonamides is 1. The molecular weight excluding hydrogens is 378 g/mol. The number of methoxy groups -OCH3 is 2. The number of hydrogen-bond donors (Lipinski definition) is 4. The van der Waals surface area contributed by atoms with Gasteiger partial charge < -0.3 is 9.47 Å². The van der Waals surface area contributed by atoms with E-state index in [1.54, 1.807) is 0 Å². The molecule has 2 fully saturated rings. The van der Waals surface area contributed by atoms with Crippen LogP contribution in [0.1, 0.15) is 32.6 Å². The van der Waals surface area contributed by atoms with Crippen LogP contribution in [-0.4, -0.2) is 70.6 Å². The molecule has 5 atom stereocenters. The molecule has 0 aromatic carbocycles. The van der Waals surface area contributed by atoms with Crippen molar-refractivity contribution in [3.8, 4) is 0 Å². The van der Waals surface area contributed by atoms with E-state index < -0.39 is 45.8 Å². The molecule has 1 aliphatic carbocycles. The lowest BCUT2D eigenvalue weighted by atomic mass is 9.89. The van der Waals surface area contributed by atoms with E-state index in [0.29, 0.717) is 19.3 Å². The van der Waals surface area contributed by atoms with Crippen LogP contribution in [0.15, 0.2) is 0 Å². The normalized spacial score (nSPS) is 31.8. The minimum absolute atomic E-state index is 0.171. The van der Waals surface area contributed by atoms with Gasteiger partial charge in [0.2, 0.25) is 10.0 Å². The zero-order chi connectivity index (χ0) is 20.2. The number of carbonyl (C=O) groups excluding carboxylic acids is 2. The third-order valence-corrected chi connectivity index (χ3v) is 6.72. The highest BCUT2D eigenvalue weighted by Crippen LogP contribution is 2.30. The van der Waals surface area contributed by atoms with E-state index in [4.69, 9.17) is 9.47 Å². The molecule has 5 unspecified atom stereocenters. The minimum Gasteiger partial charge on any atom is -0.469 e. The molecule has 12 heteroatoms. The van der Waals surface area contributed by atoms with Gasteiger partial charge >= 0.3 is 12.0 Å². The molecule has 1 aliphatic heterocycles. The molecule has 0 bridgehead atoms. The fraction of sp³-hybridized carbons (Fsp3) is 0.867. The molecule has 0 spiro atoms. The molecule has 0 aromatic heterocycles. The summed E-state index contributed by atoms with van der Waals surface area (Å²) < 4.78 is 37.5. The van der Waals surface area contributed by atoms with E-state index >= 15 is 0 Å². The Morgan fingerprint density at radius 3 is 2.41 bits per heavy atom. The van der Waals surface area contributed by atoms with Crippen molar-refractivity contribution < 1.29 is 27.5 Å². The first kappa shape index (κ1) is 21.8. The highest BCUT2D eigenvalue weighted by Gasteiger charge is 2.42. The summed E-state index contributed by atoms with van der Waals surface area (Å²) in [6.45, 7) is 1.84. The molecule has 11 nitrogen and oxygen atoms in total. The number of ether oxygens (including phenoxy) is 2. The predicted molar refractivity (Wildman–Crippen MR) is 96.4 cm³/mol. The fourth-order valence-corrected chi connectivity index (χ4v) is 5.08. The number of hydrogen-bond acceptors (Lipinski definition) is 9. The average molecular weight is 407 g/mol. The minimum atomic E-state index is -4.05. The maximum Gasteiger partial charge on any atom is 0.333 e. The molecule has 27 heavy (non-hydrogen) atoms. The number of esters is 1. The van der Waals surface area contributed by atoms with Gasteiger partial charge in [0, 0.05) is 14.2 Å². The maximum absolute atomic E-state index is 12.8. The third kappa shape index (κ3) is 5.29. The van der Waals surface area contributed by atoms with Crippen LogP contribution in [0.3, 0.4) is 0 Å². The Hall–Kier alpha value is -1.47. The molecule has 2 amide bonds. The zero-order valence-electron chi connectivity index (χ0n) is 16.0. The molecule has 0 radical (unpaired) electrons. The number of amides is 2. The van der Waals surface area contributed by atoms with Crippen LogP contribution >= 0.6 is 0 Å². The fourth-order valence-electron chi connectivity index (χ4n) is 3.39. The highest BCUT2D eigenvalue weighted by atomic mass is 32.2. The van der Waals surface area contributed by atoms with E-state index in [2.05, 4.69) is 20.7 Å². The Morgan fingerprint density at radius 2 is 1.78 bits per heavy atom. The molecule has 2 aliphatic rings. The zero-order valence-corrected chi connectivity index (χ0v) is 16.8. The van der Waals surface area contributed by atoms with E-state index in [9.17, 15) is 18.0 Å². The van der Waals surface area contributed by atoms with Crippen molar-refractivity contribution in [1.29, 1.82) is 0 Å². The standard InChI is InChI=1S/C15H29N5O6S/c1-9-16-13(18-14(17-9)26-4)20(2)15(22)19-27(23,24)11-8-6-5-7-10(11)12(21)25-3/h9-11,13-14,16-18H,5-8H2,1-4H3,(H,19,22). The second-order valence-electron chi connectivity index (χ2n) is 6.76. The van der Waals surface area contributed by atoms with Crippen LogP contribution in [0.25, 0.3) is 0 Å². The molecule has 2 rings (SSSR count). The summed E-state index contributed by atoms with van der Waals surface area (Å²) >= 11 is 0. The Balaban J connectivity index is 2.07. The Morgan fingerprint density at radius 1 is 1.11 bits per heavy atom. The number of nitrogens with zero attached hydrogens (tertiary/aromatic N) is 1. The SMILES string of the molecule is COC(=O)C1CCCCC1S(=O)(=O)NC(=O)N(C)C1NC(C)NC(OC)N1. The van der Waals surface area contributed by atoms with Crippen molar-refractivity contribution in [3.63, 3.8) is 0 Å². The summed E-state index contributed by atoms with van der Waals surface area (Å²) in [4.78, 5) is 25.7. The number of nitrogens with one attached hydrogen (secondary N) is 4. The molecule has 4 N–H and O–H groups in total. The number of rotatable bonds is 5. The summed E-state index contributed by atoms with van der Waals surface area (Å²) in [7, 11) is 0.141. The monoisotopic (exact) mass is 407 g/mol. The summed E-state index contributed by atoms with van der Waals surface area (Å²) in [5.74, 6) is -1.34. The van der Waals surface area contributed by atoms with Gasteiger partial charge in [-0.15, -0.1) is 0 Å². The van der Waals surface area contributed by atoms with E-state index in [1.165, 1.54) is 26.2 Å². The summed E-state index contributed by atoms with van der Waals surface area (Å²) in [5.41, 5.74) is 0. The number of carbonyl (C=O) groups is 2. The quantitative estimate of drug-likeness (QED) is 0.424. The van der Waals surface area contributed by atoms with Gasteiger partial charge in [-0.05, 0) is 19.8 Å². The molecule has 0 aromatic rings. The average Bonchev–Trinajstić information content (AvgIpc) is 2.65. The van der Waals surface area contributed by atoms with Crippen LogP contribution in [-0.2, 0) is 24.3 Å². The smallest absolute Gasteiger partial charge is 0.333 e. The lowest BCUT2D eigenvalue weighted by molar-refractivity contribution is -0.146. The van der Waals surface area contributed by atoms with Crippen molar-refractivity contribution in [1.82, 2.24) is 25.6 Å². The second-order valence-corrected chi connectivity index (χ2v) is 8.66. The summed E-state index contributed by atoms with van der Waals surface area (Å²) in [6, 6.07) is -0.807. The van der Waals surface area contributed by atoms with Gasteiger partial charge in [0.05, 0.1) is 24.4 Å². The lowest BCUT2D eigenvalue weighted by Crippen LogP contribution is -2.72. The Bertz CT molecular complexity index is 645. The van der Waals surface area contributed by atoms with Crippen LogP contribution < -0.4 is 20.7 Å². The first-order chi connectivity index (χ1) is 12.7. The van der Waals surface area contributed by atoms with Crippen LogP contribution in [0.4, 0.5) is 4.79 Å². The van der Waals surface area contributed by atoms with E-state index in [0.717, 1.165) is 6.42 Å². The van der Waals surface area contributed by atoms with Crippen molar-refractivity contribution in [2.75, 3.05) is 21.3 Å². The summed E-state index contributed by atoms with van der Waals surface area (Å²) in [6.07, 6.45) is 0.831. The van der Waals surface area contributed by atoms with Gasteiger partial charge in [-0.2, -0.15) is 0 Å². The van der Waals surface area contributed by atoms with Crippen LogP contribution in [0, 0.1) is 5.92 Å². The van der Waals surface area contributed by atoms with Gasteiger partial charge in [-0.3, -0.25) is 20.3 Å². The van der Waals surface area contributed by atoms with Crippen molar-refractivity contribution >= 4 is 22.0 Å². The van der Waals surface area contributed by atoms with Crippen LogP contribution in [0.2, 0.25) is 0 Å². The van der Waals surface area contributed by atoms with Gasteiger partial charge in [0.1, 0.15) is 6.29 Å². The first-order valence-electron chi connectivity index (χ1n) is 8.86. The molecule has 1 saturated carbocycles. The maximum atomic E-state index is 12.8. The van der Waals surface area contributed by atoms with Crippen molar-refractivity contribution in [3.05, 3.63) is 0 Å². The highest BCUT2D eigenvalue weighted by molar-refractivity contribution is 7.90. The molecular formula is C15H29N5O6S. The van der Waals surface area contributed by atoms with Crippen molar-refractivity contribution in [2.45, 2.75) is 56.7 Å². The Kier molecular flexibility index (Phi) is 7.40. The van der Waals surface area contributed by atoms with Gasteiger partial charge in [-0.1, -0.05) is 12.8 Å². The van der Waals surface area contributed by atoms with Crippen LogP contribution in [0.5, 0.6) is 0 Å². The van der Waals surface area contributed by atoms with Gasteiger partial charge in [0.25, 0.3) is 0 Å². The second kappa shape index (κ2) is 9.15. The molecule has 156 valence electrons. The largest absolute Gasteiger partial charge is 0.469 e. The lowest BCUT2D eigenvalue weighted by Gasteiger charge is -2.40.